The van der Waals surface area contributed by atoms with Gasteiger partial charge in [-0.3, -0.25) is 14.5 Å². The van der Waals surface area contributed by atoms with Crippen LogP contribution in [0.1, 0.15) is 92.7 Å². The highest BCUT2D eigenvalue weighted by Gasteiger charge is 2.39. The molecule has 0 bridgehead atoms. The predicted octanol–water partition coefficient (Wildman–Crippen LogP) is 7.64. The molecule has 1 saturated heterocycles. The first-order valence-electron chi connectivity index (χ1n) is 18.2. The highest BCUT2D eigenvalue weighted by molar-refractivity contribution is 5.76. The molecule has 4 aromatic rings. The minimum atomic E-state index is -0.574. The van der Waals surface area contributed by atoms with Crippen LogP contribution < -0.4 is 10.6 Å². The lowest BCUT2D eigenvalue weighted by atomic mass is 9.89. The second-order valence-electron chi connectivity index (χ2n) is 13.7. The normalized spacial score (nSPS) is 19.4. The van der Waals surface area contributed by atoms with Crippen molar-refractivity contribution < 1.29 is 24.2 Å². The Morgan fingerprint density at radius 3 is 2.25 bits per heavy atom. The van der Waals surface area contributed by atoms with Gasteiger partial charge in [0.25, 0.3) is 0 Å². The number of likely N-dealkylation sites (N-methyl/N-ethyl adjacent to an activating group) is 1. The third kappa shape index (κ3) is 10.8. The number of amides is 2. The minimum Gasteiger partial charge on any atom is -0.392 e. The van der Waals surface area contributed by atoms with Crippen LogP contribution in [-0.2, 0) is 32.2 Å². The van der Waals surface area contributed by atoms with E-state index >= 15 is 0 Å². The molecular weight excluding hydrogens is 638 g/mol. The number of nitrogens with zero attached hydrogens (tertiary/aromatic N) is 1. The predicted molar refractivity (Wildman–Crippen MR) is 201 cm³/mol. The van der Waals surface area contributed by atoms with Crippen molar-refractivity contribution in [1.82, 2.24) is 15.5 Å². The maximum Gasteiger partial charge on any atom is 0.220 e. The van der Waals surface area contributed by atoms with Gasteiger partial charge in [-0.25, -0.2) is 0 Å². The molecule has 1 aliphatic heterocycles. The Kier molecular flexibility index (Phi) is 13.9. The fourth-order valence-corrected chi connectivity index (χ4v) is 6.62. The van der Waals surface area contributed by atoms with Crippen LogP contribution in [0.15, 0.2) is 103 Å². The van der Waals surface area contributed by atoms with Crippen LogP contribution in [-0.4, -0.2) is 48.1 Å². The van der Waals surface area contributed by atoms with Crippen LogP contribution in [0, 0.1) is 5.92 Å². The van der Waals surface area contributed by atoms with Crippen molar-refractivity contribution in [2.75, 3.05) is 20.1 Å². The molecule has 5 rings (SSSR count). The highest BCUT2D eigenvalue weighted by Crippen LogP contribution is 2.42. The number of nitrogens with one attached hydrogen (secondary N) is 2. The van der Waals surface area contributed by atoms with Gasteiger partial charge in [0.15, 0.2) is 6.29 Å². The number of aliphatic hydroxyl groups is 1. The number of hydrogen-bond donors (Lipinski definition) is 3. The molecule has 8 nitrogen and oxygen atoms in total. The van der Waals surface area contributed by atoms with E-state index in [1.54, 1.807) is 0 Å². The lowest BCUT2D eigenvalue weighted by Crippen LogP contribution is -2.44. The summed E-state index contributed by atoms with van der Waals surface area (Å²) in [4.78, 5) is 25.8. The van der Waals surface area contributed by atoms with Gasteiger partial charge in [-0.05, 0) is 72.3 Å². The van der Waals surface area contributed by atoms with Crippen LogP contribution >= 0.6 is 0 Å². The molecule has 0 radical (unpaired) electrons. The molecule has 1 aliphatic rings. The molecule has 1 heterocycles. The van der Waals surface area contributed by atoms with Gasteiger partial charge in [-0.2, -0.15) is 0 Å². The Labute approximate surface area is 303 Å². The summed E-state index contributed by atoms with van der Waals surface area (Å²) >= 11 is 0. The van der Waals surface area contributed by atoms with Crippen LogP contribution in [0.4, 0.5) is 0 Å². The SMILES string of the molecule is CC(=O)NCCCCCC(=O)NCc1cccc(-c2cccc([C@@H]3O[C@H](CN(C)[C@@H](C)c4ccccc4)[C@H](C)[C@H](c4ccc(CO)cc4)O3)c2)c1. The van der Waals surface area contributed by atoms with Crippen molar-refractivity contribution in [2.45, 2.75) is 84.1 Å². The molecule has 8 heteroatoms. The van der Waals surface area contributed by atoms with Crippen molar-refractivity contribution in [1.29, 1.82) is 0 Å². The number of carbonyl (C=O) groups excluding carboxylic acids is 2. The van der Waals surface area contributed by atoms with E-state index in [0.717, 1.165) is 59.2 Å². The Hall–Kier alpha value is -4.34. The Morgan fingerprint density at radius 2 is 1.53 bits per heavy atom. The highest BCUT2D eigenvalue weighted by atomic mass is 16.7. The zero-order valence-corrected chi connectivity index (χ0v) is 30.4. The average molecular weight is 692 g/mol. The monoisotopic (exact) mass is 691 g/mol. The molecule has 0 spiro atoms. The van der Waals surface area contributed by atoms with Gasteiger partial charge in [0.2, 0.25) is 11.8 Å². The maximum atomic E-state index is 12.5. The van der Waals surface area contributed by atoms with E-state index in [9.17, 15) is 14.7 Å². The Bertz CT molecular complexity index is 1700. The summed E-state index contributed by atoms with van der Waals surface area (Å²) in [6, 6.07) is 35.3. The summed E-state index contributed by atoms with van der Waals surface area (Å²) in [5.41, 5.74) is 7.25. The molecular formula is C43H53N3O5. The second kappa shape index (κ2) is 18.8. The van der Waals surface area contributed by atoms with Crippen molar-refractivity contribution >= 4 is 11.8 Å². The molecule has 1 fully saturated rings. The third-order valence-corrected chi connectivity index (χ3v) is 9.90. The Morgan fingerprint density at radius 1 is 0.804 bits per heavy atom. The summed E-state index contributed by atoms with van der Waals surface area (Å²) in [5.74, 6) is 0.0795. The van der Waals surface area contributed by atoms with Crippen molar-refractivity contribution in [2.24, 2.45) is 5.92 Å². The molecule has 0 saturated carbocycles. The number of benzene rings is 4. The molecule has 270 valence electrons. The largest absolute Gasteiger partial charge is 0.392 e. The van der Waals surface area contributed by atoms with E-state index in [4.69, 9.17) is 9.47 Å². The van der Waals surface area contributed by atoms with Crippen LogP contribution in [0.25, 0.3) is 11.1 Å². The van der Waals surface area contributed by atoms with E-state index in [1.165, 1.54) is 12.5 Å². The van der Waals surface area contributed by atoms with Crippen molar-refractivity contribution in [3.05, 3.63) is 131 Å². The molecule has 5 atom stereocenters. The fourth-order valence-electron chi connectivity index (χ4n) is 6.62. The van der Waals surface area contributed by atoms with Crippen LogP contribution in [0.2, 0.25) is 0 Å². The molecule has 0 aromatic heterocycles. The number of aliphatic hydroxyl groups excluding tert-OH is 1. The summed E-state index contributed by atoms with van der Waals surface area (Å²) < 4.78 is 13.6. The quantitative estimate of drug-likeness (QED) is 0.105. The topological polar surface area (TPSA) is 100 Å². The van der Waals surface area contributed by atoms with Gasteiger partial charge in [-0.15, -0.1) is 0 Å². The molecule has 51 heavy (non-hydrogen) atoms. The van der Waals surface area contributed by atoms with Crippen LogP contribution in [0.5, 0.6) is 0 Å². The molecule has 2 amide bonds. The first kappa shape index (κ1) is 37.9. The van der Waals surface area contributed by atoms with Gasteiger partial charge in [0.05, 0.1) is 18.8 Å². The van der Waals surface area contributed by atoms with E-state index in [-0.39, 0.29) is 42.6 Å². The third-order valence-electron chi connectivity index (χ3n) is 9.90. The first-order chi connectivity index (χ1) is 24.7. The first-order valence-corrected chi connectivity index (χ1v) is 18.2. The minimum absolute atomic E-state index is 0.000373. The number of carbonyl (C=O) groups is 2. The van der Waals surface area contributed by atoms with Gasteiger partial charge >= 0.3 is 0 Å². The van der Waals surface area contributed by atoms with Crippen molar-refractivity contribution in [3.63, 3.8) is 0 Å². The zero-order valence-electron chi connectivity index (χ0n) is 30.4. The summed E-state index contributed by atoms with van der Waals surface area (Å²) in [5, 5.41) is 15.5. The standard InChI is InChI=1S/C43H53N3O5/c1-30-40(28-46(4)31(2)35-14-7-5-8-15-35)50-43(51-42(30)36-22-20-33(29-47)21-23-36)39-18-12-17-38(26-39)37-16-11-13-34(25-37)27-45-41(49)19-9-6-10-24-44-32(3)48/h5,7-8,11-18,20-23,25-26,30-31,40,42-43,47H,6,9-10,19,24,27-29H2,1-4H3,(H,44,48)(H,45,49)/t30-,31-,40+,42+,43+/m0/s1. The van der Waals surface area contributed by atoms with Gasteiger partial charge in [-0.1, -0.05) is 104 Å². The number of hydrogen-bond acceptors (Lipinski definition) is 6. The molecule has 3 N–H and O–H groups in total. The summed E-state index contributed by atoms with van der Waals surface area (Å²) in [6.45, 7) is 7.77. The molecule has 0 aliphatic carbocycles. The lowest BCUT2D eigenvalue weighted by molar-refractivity contribution is -0.276. The van der Waals surface area contributed by atoms with Gasteiger partial charge in [0.1, 0.15) is 0 Å². The average Bonchev–Trinajstić information content (AvgIpc) is 3.16. The van der Waals surface area contributed by atoms with Gasteiger partial charge in [0, 0.05) is 50.5 Å². The Balaban J connectivity index is 1.28. The number of rotatable bonds is 16. The second-order valence-corrected chi connectivity index (χ2v) is 13.7. The van der Waals surface area contributed by atoms with E-state index in [0.29, 0.717) is 19.5 Å². The van der Waals surface area contributed by atoms with Crippen molar-refractivity contribution in [3.8, 4) is 11.1 Å². The smallest absolute Gasteiger partial charge is 0.220 e. The molecule has 4 aromatic carbocycles. The zero-order chi connectivity index (χ0) is 36.2. The number of ether oxygens (including phenoxy) is 2. The summed E-state index contributed by atoms with van der Waals surface area (Å²) in [6.07, 6.45) is 2.15. The maximum absolute atomic E-state index is 12.5. The van der Waals surface area contributed by atoms with E-state index in [1.807, 2.05) is 36.4 Å². The summed E-state index contributed by atoms with van der Waals surface area (Å²) in [7, 11) is 2.15. The van der Waals surface area contributed by atoms with Gasteiger partial charge < -0.3 is 25.2 Å². The van der Waals surface area contributed by atoms with Crippen LogP contribution in [0.3, 0.4) is 0 Å². The van der Waals surface area contributed by atoms with E-state index < -0.39 is 6.29 Å². The fraction of sp³-hybridized carbons (Fsp3) is 0.395. The van der Waals surface area contributed by atoms with E-state index in [2.05, 4.69) is 103 Å². The number of unbranched alkanes of at least 4 members (excludes halogenated alkanes) is 2. The lowest BCUT2D eigenvalue weighted by Gasteiger charge is -2.43. The molecule has 0 unspecified atom stereocenters.